The Balaban J connectivity index is 2.92. The van der Waals surface area contributed by atoms with Gasteiger partial charge in [0.1, 0.15) is 18.1 Å². The zero-order valence-corrected chi connectivity index (χ0v) is 18.0. The first-order valence-electron chi connectivity index (χ1n) is 10.5. The summed E-state index contributed by atoms with van der Waals surface area (Å²) in [4.78, 5) is 50.6. The van der Waals surface area contributed by atoms with Gasteiger partial charge in [-0.1, -0.05) is 0 Å². The van der Waals surface area contributed by atoms with Crippen LogP contribution in [0, 0.1) is 0 Å². The zero-order valence-electron chi connectivity index (χ0n) is 18.0. The van der Waals surface area contributed by atoms with Crippen molar-refractivity contribution >= 4 is 23.7 Å². The molecule has 1 fully saturated rings. The Hall–Kier alpha value is -2.28. The zero-order chi connectivity index (χ0) is 23.7. The standard InChI is InChI=1S/C19H35N5O7/c1-10(25)14(21)18(29)24-9-5-7-13(24)17(28)22-12(6-3-4-8-20)16(27)23-15(11(2)26)19(30)31/h10-15,25-26H,3-9,20-21H2,1-2H3,(H,22,28)(H,23,27)(H,30,31). The molecule has 0 aliphatic carbocycles. The van der Waals surface area contributed by atoms with Gasteiger partial charge in [0.2, 0.25) is 17.7 Å². The summed E-state index contributed by atoms with van der Waals surface area (Å²) < 4.78 is 0. The minimum atomic E-state index is -1.53. The Labute approximate surface area is 181 Å². The molecule has 0 spiro atoms. The average molecular weight is 446 g/mol. The number of carboxylic acid groups (broad SMARTS) is 1. The van der Waals surface area contributed by atoms with Crippen molar-refractivity contribution in [3.05, 3.63) is 0 Å². The SMILES string of the molecule is CC(O)C(N)C(=O)N1CCCC1C(=O)NC(CCCCN)C(=O)NC(C(=O)O)C(C)O. The molecule has 0 aromatic carbocycles. The van der Waals surface area contributed by atoms with Crippen LogP contribution in [0.25, 0.3) is 0 Å². The number of aliphatic hydroxyl groups is 2. The van der Waals surface area contributed by atoms with Gasteiger partial charge >= 0.3 is 5.97 Å². The van der Waals surface area contributed by atoms with Crippen molar-refractivity contribution in [1.29, 1.82) is 0 Å². The lowest BCUT2D eigenvalue weighted by molar-refractivity contribution is -0.145. The summed E-state index contributed by atoms with van der Waals surface area (Å²) in [7, 11) is 0. The van der Waals surface area contributed by atoms with E-state index >= 15 is 0 Å². The number of hydrogen-bond donors (Lipinski definition) is 7. The molecule has 12 heteroatoms. The van der Waals surface area contributed by atoms with Gasteiger partial charge in [-0.15, -0.1) is 0 Å². The number of carbonyl (C=O) groups is 4. The maximum Gasteiger partial charge on any atom is 0.328 e. The van der Waals surface area contributed by atoms with E-state index < -0.39 is 60.1 Å². The van der Waals surface area contributed by atoms with E-state index in [4.69, 9.17) is 11.5 Å². The summed E-state index contributed by atoms with van der Waals surface area (Å²) in [5, 5.41) is 33.2. The second kappa shape index (κ2) is 12.5. The van der Waals surface area contributed by atoms with E-state index in [1.54, 1.807) is 0 Å². The number of rotatable bonds is 12. The monoisotopic (exact) mass is 445 g/mol. The van der Waals surface area contributed by atoms with Crippen molar-refractivity contribution in [2.24, 2.45) is 11.5 Å². The van der Waals surface area contributed by atoms with E-state index in [9.17, 15) is 34.5 Å². The number of likely N-dealkylation sites (tertiary alicyclic amines) is 1. The summed E-state index contributed by atoms with van der Waals surface area (Å²) in [6.45, 7) is 3.29. The van der Waals surface area contributed by atoms with Gasteiger partial charge in [-0.25, -0.2) is 4.79 Å². The molecule has 0 aromatic rings. The molecular formula is C19H35N5O7. The summed E-state index contributed by atoms with van der Waals surface area (Å²) in [6, 6.07) is -4.62. The van der Waals surface area contributed by atoms with Gasteiger partial charge in [0.25, 0.3) is 0 Å². The molecule has 0 bridgehead atoms. The van der Waals surface area contributed by atoms with Crippen molar-refractivity contribution in [2.75, 3.05) is 13.1 Å². The number of nitrogens with one attached hydrogen (secondary N) is 2. The lowest BCUT2D eigenvalue weighted by Gasteiger charge is -2.29. The third-order valence-electron chi connectivity index (χ3n) is 5.27. The second-order valence-electron chi connectivity index (χ2n) is 7.87. The Kier molecular flexibility index (Phi) is 10.8. The molecule has 31 heavy (non-hydrogen) atoms. The third kappa shape index (κ3) is 7.73. The molecule has 0 radical (unpaired) electrons. The molecule has 1 aliphatic rings. The van der Waals surface area contributed by atoms with Crippen LogP contribution in [0.15, 0.2) is 0 Å². The van der Waals surface area contributed by atoms with Gasteiger partial charge in [0.15, 0.2) is 6.04 Å². The van der Waals surface area contributed by atoms with Crippen LogP contribution in [-0.4, -0.2) is 93.4 Å². The van der Waals surface area contributed by atoms with Gasteiger partial charge in [0.05, 0.1) is 12.2 Å². The highest BCUT2D eigenvalue weighted by atomic mass is 16.4. The second-order valence-corrected chi connectivity index (χ2v) is 7.87. The summed E-state index contributed by atoms with van der Waals surface area (Å²) in [5.74, 6) is -3.29. The average Bonchev–Trinajstić information content (AvgIpc) is 3.19. The first-order valence-corrected chi connectivity index (χ1v) is 10.5. The molecule has 1 rings (SSSR count). The number of aliphatic carboxylic acids is 1. The number of carboxylic acids is 1. The molecule has 3 amide bonds. The molecule has 6 atom stereocenters. The maximum absolute atomic E-state index is 12.9. The number of amides is 3. The third-order valence-corrected chi connectivity index (χ3v) is 5.27. The van der Waals surface area contributed by atoms with E-state index in [2.05, 4.69) is 10.6 Å². The number of nitrogens with zero attached hydrogens (tertiary/aromatic N) is 1. The number of aliphatic hydroxyl groups excluding tert-OH is 2. The molecule has 12 nitrogen and oxygen atoms in total. The Bertz CT molecular complexity index is 643. The van der Waals surface area contributed by atoms with E-state index in [0.717, 1.165) is 0 Å². The van der Waals surface area contributed by atoms with E-state index in [1.807, 2.05) is 0 Å². The van der Waals surface area contributed by atoms with Crippen molar-refractivity contribution < 1.29 is 34.5 Å². The molecule has 0 aromatic heterocycles. The van der Waals surface area contributed by atoms with Crippen LogP contribution < -0.4 is 22.1 Å². The Morgan fingerprint density at radius 1 is 1.10 bits per heavy atom. The smallest absolute Gasteiger partial charge is 0.328 e. The predicted octanol–water partition coefficient (Wildman–Crippen LogP) is -2.75. The highest BCUT2D eigenvalue weighted by Gasteiger charge is 2.39. The van der Waals surface area contributed by atoms with Gasteiger partial charge in [-0.05, 0) is 52.5 Å². The van der Waals surface area contributed by atoms with Crippen molar-refractivity contribution in [2.45, 2.75) is 82.3 Å². The Morgan fingerprint density at radius 2 is 1.74 bits per heavy atom. The quantitative estimate of drug-likeness (QED) is 0.155. The van der Waals surface area contributed by atoms with Gasteiger partial charge in [0, 0.05) is 6.54 Å². The van der Waals surface area contributed by atoms with E-state index in [0.29, 0.717) is 38.8 Å². The Morgan fingerprint density at radius 3 is 2.26 bits per heavy atom. The first kappa shape index (κ1) is 26.8. The van der Waals surface area contributed by atoms with Gasteiger partial charge in [-0.2, -0.15) is 0 Å². The number of carbonyl (C=O) groups excluding carboxylic acids is 3. The minimum absolute atomic E-state index is 0.203. The molecular weight excluding hydrogens is 410 g/mol. The predicted molar refractivity (Wildman–Crippen MR) is 110 cm³/mol. The summed E-state index contributed by atoms with van der Waals surface area (Å²) >= 11 is 0. The van der Waals surface area contributed by atoms with Gasteiger partial charge in [-0.3, -0.25) is 14.4 Å². The number of nitrogens with two attached hydrogens (primary N) is 2. The number of hydrogen-bond acceptors (Lipinski definition) is 8. The van der Waals surface area contributed by atoms with Gasteiger partial charge < -0.3 is 42.3 Å². The molecule has 1 heterocycles. The molecule has 0 saturated carbocycles. The maximum atomic E-state index is 12.9. The number of unbranched alkanes of at least 4 members (excludes halogenated alkanes) is 1. The van der Waals surface area contributed by atoms with Crippen LogP contribution >= 0.6 is 0 Å². The van der Waals surface area contributed by atoms with Crippen LogP contribution in [-0.2, 0) is 19.2 Å². The van der Waals surface area contributed by atoms with Crippen LogP contribution in [0.2, 0.25) is 0 Å². The fraction of sp³-hybridized carbons (Fsp3) is 0.789. The highest BCUT2D eigenvalue weighted by molar-refractivity contribution is 5.94. The largest absolute Gasteiger partial charge is 0.480 e. The fourth-order valence-corrected chi connectivity index (χ4v) is 3.37. The van der Waals surface area contributed by atoms with Crippen LogP contribution in [0.1, 0.15) is 46.0 Å². The summed E-state index contributed by atoms with van der Waals surface area (Å²) in [6.07, 6.45) is -0.200. The fourth-order valence-electron chi connectivity index (χ4n) is 3.37. The molecule has 6 unspecified atom stereocenters. The normalized spacial score (nSPS) is 21.0. The molecule has 178 valence electrons. The van der Waals surface area contributed by atoms with Crippen molar-refractivity contribution in [3.63, 3.8) is 0 Å². The lowest BCUT2D eigenvalue weighted by Crippen LogP contribution is -2.58. The van der Waals surface area contributed by atoms with Crippen LogP contribution in [0.3, 0.4) is 0 Å². The topological polar surface area (TPSA) is 208 Å². The van der Waals surface area contributed by atoms with Crippen LogP contribution in [0.4, 0.5) is 0 Å². The first-order chi connectivity index (χ1) is 14.5. The molecule has 1 saturated heterocycles. The summed E-state index contributed by atoms with van der Waals surface area (Å²) in [5.41, 5.74) is 11.2. The van der Waals surface area contributed by atoms with E-state index in [-0.39, 0.29) is 6.42 Å². The highest BCUT2D eigenvalue weighted by Crippen LogP contribution is 2.19. The van der Waals surface area contributed by atoms with Crippen molar-refractivity contribution in [3.8, 4) is 0 Å². The molecule has 9 N–H and O–H groups in total. The van der Waals surface area contributed by atoms with Crippen molar-refractivity contribution in [1.82, 2.24) is 15.5 Å². The van der Waals surface area contributed by atoms with Crippen LogP contribution in [0.5, 0.6) is 0 Å². The molecule has 1 aliphatic heterocycles. The lowest BCUT2D eigenvalue weighted by atomic mass is 10.1. The minimum Gasteiger partial charge on any atom is -0.480 e. The van der Waals surface area contributed by atoms with E-state index in [1.165, 1.54) is 18.7 Å².